The fraction of sp³-hybridized carbons (Fsp3) is 0.188. The molecule has 2 aromatic heterocycles. The Balaban J connectivity index is 1.66. The number of aryl methyl sites for hydroxylation is 1. The van der Waals surface area contributed by atoms with Gasteiger partial charge in [0.25, 0.3) is 10.0 Å². The Hall–Kier alpha value is -2.24. The molecule has 1 amide bonds. The van der Waals surface area contributed by atoms with Gasteiger partial charge in [0.05, 0.1) is 20.8 Å². The number of carbonyl (C=O) groups is 1. The molecule has 142 valence electrons. The number of nitrogens with one attached hydrogen (secondary N) is 2. The van der Waals surface area contributed by atoms with Crippen molar-refractivity contribution < 1.29 is 13.2 Å². The first-order valence-electron chi connectivity index (χ1n) is 7.78. The maximum atomic E-state index is 12.3. The summed E-state index contributed by atoms with van der Waals surface area (Å²) >= 11 is 4.61. The lowest BCUT2D eigenvalue weighted by molar-refractivity contribution is -0.116. The number of sulfonamides is 1. The molecule has 0 radical (unpaired) electrons. The molecule has 3 rings (SSSR count). The first-order chi connectivity index (χ1) is 12.8. The van der Waals surface area contributed by atoms with Gasteiger partial charge in [-0.25, -0.2) is 13.4 Å². The van der Waals surface area contributed by atoms with E-state index in [2.05, 4.69) is 36.1 Å². The van der Waals surface area contributed by atoms with Crippen LogP contribution in [0.4, 0.5) is 10.8 Å². The van der Waals surface area contributed by atoms with Crippen molar-refractivity contribution in [3.63, 3.8) is 0 Å². The molecule has 11 heteroatoms. The molecule has 0 fully saturated rings. The second kappa shape index (κ2) is 7.79. The highest BCUT2D eigenvalue weighted by Crippen LogP contribution is 2.21. The Labute approximate surface area is 168 Å². The Kier molecular flexibility index (Phi) is 5.63. The van der Waals surface area contributed by atoms with E-state index in [4.69, 9.17) is 0 Å². The highest BCUT2D eigenvalue weighted by Gasteiger charge is 2.16. The molecule has 0 atom stereocenters. The fourth-order valence-corrected chi connectivity index (χ4v) is 4.40. The number of benzene rings is 1. The quantitative estimate of drug-likeness (QED) is 0.576. The summed E-state index contributed by atoms with van der Waals surface area (Å²) < 4.78 is 29.5. The third-order valence-electron chi connectivity index (χ3n) is 3.69. The minimum absolute atomic E-state index is 0.0595. The predicted octanol–water partition coefficient (Wildman–Crippen LogP) is 3.16. The minimum atomic E-state index is -3.72. The maximum absolute atomic E-state index is 12.3. The van der Waals surface area contributed by atoms with Gasteiger partial charge in [0.15, 0.2) is 5.13 Å². The molecule has 0 saturated carbocycles. The van der Waals surface area contributed by atoms with Crippen molar-refractivity contribution in [2.24, 2.45) is 0 Å². The molecule has 2 N–H and O–H groups in total. The fourth-order valence-electron chi connectivity index (χ4n) is 2.33. The van der Waals surface area contributed by atoms with Gasteiger partial charge in [0, 0.05) is 17.3 Å². The van der Waals surface area contributed by atoms with E-state index in [9.17, 15) is 13.2 Å². The van der Waals surface area contributed by atoms with Crippen LogP contribution in [0.2, 0.25) is 0 Å². The number of amides is 1. The Bertz CT molecular complexity index is 1060. The Morgan fingerprint density at radius 3 is 2.52 bits per heavy atom. The number of halogens is 1. The van der Waals surface area contributed by atoms with Gasteiger partial charge in [-0.15, -0.1) is 11.3 Å². The number of nitrogens with zero attached hydrogens (tertiary/aromatic N) is 3. The van der Waals surface area contributed by atoms with Gasteiger partial charge in [0.2, 0.25) is 5.91 Å². The molecule has 0 aliphatic heterocycles. The van der Waals surface area contributed by atoms with E-state index in [0.717, 1.165) is 15.9 Å². The van der Waals surface area contributed by atoms with Crippen molar-refractivity contribution in [2.45, 2.75) is 25.3 Å². The van der Waals surface area contributed by atoms with Crippen LogP contribution in [0.3, 0.4) is 0 Å². The van der Waals surface area contributed by atoms with E-state index >= 15 is 0 Å². The summed E-state index contributed by atoms with van der Waals surface area (Å²) in [6, 6.07) is 5.91. The topological polar surface area (TPSA) is 106 Å². The minimum Gasteiger partial charge on any atom is -0.324 e. The van der Waals surface area contributed by atoms with Gasteiger partial charge in [-0.1, -0.05) is 0 Å². The monoisotopic (exact) mass is 469 g/mol. The third-order valence-corrected chi connectivity index (χ3v) is 7.01. The number of hydrogen-bond acceptors (Lipinski definition) is 6. The van der Waals surface area contributed by atoms with E-state index in [-0.39, 0.29) is 17.3 Å². The van der Waals surface area contributed by atoms with Gasteiger partial charge in [-0.05, 0) is 54.0 Å². The summed E-state index contributed by atoms with van der Waals surface area (Å²) in [7, 11) is -3.72. The van der Waals surface area contributed by atoms with Crippen molar-refractivity contribution in [3.8, 4) is 0 Å². The summed E-state index contributed by atoms with van der Waals surface area (Å²) in [5, 5.41) is 8.99. The van der Waals surface area contributed by atoms with Crippen LogP contribution in [-0.4, -0.2) is 29.1 Å². The molecular weight excluding hydrogens is 454 g/mol. The highest BCUT2D eigenvalue weighted by atomic mass is 79.9. The van der Waals surface area contributed by atoms with Crippen molar-refractivity contribution in [2.75, 3.05) is 10.0 Å². The summed E-state index contributed by atoms with van der Waals surface area (Å²) in [5.74, 6) is -0.260. The first kappa shape index (κ1) is 19.5. The van der Waals surface area contributed by atoms with Gasteiger partial charge in [-0.3, -0.25) is 14.2 Å². The molecule has 0 spiro atoms. The van der Waals surface area contributed by atoms with Crippen LogP contribution in [-0.2, 0) is 21.4 Å². The zero-order valence-corrected chi connectivity index (χ0v) is 17.7. The second-order valence-corrected chi connectivity index (χ2v) is 9.03. The Morgan fingerprint density at radius 1 is 1.26 bits per heavy atom. The van der Waals surface area contributed by atoms with Crippen LogP contribution in [0.15, 0.2) is 45.2 Å². The van der Waals surface area contributed by atoms with Crippen molar-refractivity contribution in [1.29, 1.82) is 0 Å². The lowest BCUT2D eigenvalue weighted by Gasteiger charge is -2.09. The Morgan fingerprint density at radius 2 is 1.96 bits per heavy atom. The number of aromatic nitrogens is 3. The van der Waals surface area contributed by atoms with E-state index in [1.54, 1.807) is 10.1 Å². The standard InChI is InChI=1S/C16H16BrN5O3S2/c1-10-15(17)11(2)22(20-10)9-14(23)19-12-3-5-13(6-4-12)27(24,25)21-16-18-7-8-26-16/h3-8H,9H2,1-2H3,(H,18,21)(H,19,23). The van der Waals surface area contributed by atoms with Crippen molar-refractivity contribution in [1.82, 2.24) is 14.8 Å². The number of anilines is 2. The van der Waals surface area contributed by atoms with Crippen LogP contribution in [0.25, 0.3) is 0 Å². The van der Waals surface area contributed by atoms with E-state index < -0.39 is 10.0 Å². The van der Waals surface area contributed by atoms with Gasteiger partial charge >= 0.3 is 0 Å². The van der Waals surface area contributed by atoms with Crippen molar-refractivity contribution >= 4 is 54.0 Å². The summed E-state index contributed by atoms with van der Waals surface area (Å²) in [6.07, 6.45) is 1.52. The molecule has 0 aliphatic rings. The van der Waals surface area contributed by atoms with Crippen molar-refractivity contribution in [3.05, 3.63) is 51.7 Å². The predicted molar refractivity (Wildman–Crippen MR) is 107 cm³/mol. The molecular formula is C16H16BrN5O3S2. The van der Waals surface area contributed by atoms with Crippen LogP contribution in [0.5, 0.6) is 0 Å². The molecule has 0 unspecified atom stereocenters. The molecule has 1 aromatic carbocycles. The smallest absolute Gasteiger partial charge is 0.263 e. The van der Waals surface area contributed by atoms with Crippen LogP contribution < -0.4 is 10.0 Å². The highest BCUT2D eigenvalue weighted by molar-refractivity contribution is 9.10. The lowest BCUT2D eigenvalue weighted by atomic mass is 10.3. The van der Waals surface area contributed by atoms with Gasteiger partial charge < -0.3 is 5.32 Å². The number of thiazole rings is 1. The lowest BCUT2D eigenvalue weighted by Crippen LogP contribution is -2.20. The molecule has 0 bridgehead atoms. The normalized spacial score (nSPS) is 11.4. The zero-order valence-electron chi connectivity index (χ0n) is 14.4. The van der Waals surface area contributed by atoms with E-state index in [1.807, 2.05) is 13.8 Å². The average Bonchev–Trinajstić information content (AvgIpc) is 3.19. The third kappa shape index (κ3) is 4.54. The number of hydrogen-bond donors (Lipinski definition) is 2. The van der Waals surface area contributed by atoms with E-state index in [1.165, 1.54) is 41.8 Å². The molecule has 8 nitrogen and oxygen atoms in total. The SMILES string of the molecule is Cc1nn(CC(=O)Nc2ccc(S(=O)(=O)Nc3nccs3)cc2)c(C)c1Br. The summed E-state index contributed by atoms with van der Waals surface area (Å²) in [5.41, 5.74) is 2.16. The summed E-state index contributed by atoms with van der Waals surface area (Å²) in [6.45, 7) is 3.78. The molecule has 2 heterocycles. The summed E-state index contributed by atoms with van der Waals surface area (Å²) in [4.78, 5) is 16.2. The molecule has 0 saturated heterocycles. The number of rotatable bonds is 6. The second-order valence-electron chi connectivity index (χ2n) is 5.66. The van der Waals surface area contributed by atoms with Crippen LogP contribution in [0, 0.1) is 13.8 Å². The maximum Gasteiger partial charge on any atom is 0.263 e. The number of carbonyl (C=O) groups excluding carboxylic acids is 1. The first-order valence-corrected chi connectivity index (χ1v) is 10.9. The van der Waals surface area contributed by atoms with Crippen LogP contribution >= 0.6 is 27.3 Å². The molecule has 27 heavy (non-hydrogen) atoms. The molecule has 3 aromatic rings. The van der Waals surface area contributed by atoms with Gasteiger partial charge in [-0.2, -0.15) is 5.10 Å². The van der Waals surface area contributed by atoms with E-state index in [0.29, 0.717) is 10.8 Å². The largest absolute Gasteiger partial charge is 0.324 e. The zero-order chi connectivity index (χ0) is 19.6. The average molecular weight is 470 g/mol. The van der Waals surface area contributed by atoms with Crippen LogP contribution in [0.1, 0.15) is 11.4 Å². The van der Waals surface area contributed by atoms with Gasteiger partial charge in [0.1, 0.15) is 6.54 Å². The molecule has 0 aliphatic carbocycles.